The van der Waals surface area contributed by atoms with Crippen molar-refractivity contribution in [3.8, 4) is 11.3 Å². The van der Waals surface area contributed by atoms with Crippen LogP contribution in [-0.4, -0.2) is 16.1 Å². The van der Waals surface area contributed by atoms with E-state index in [0.717, 1.165) is 16.8 Å². The van der Waals surface area contributed by atoms with Gasteiger partial charge in [0.25, 0.3) is 5.91 Å². The number of H-pyrrole nitrogens is 1. The highest BCUT2D eigenvalue weighted by Gasteiger charge is 2.11. The van der Waals surface area contributed by atoms with E-state index in [9.17, 15) is 13.6 Å². The largest absolute Gasteiger partial charge is 0.305 e. The first kappa shape index (κ1) is 16.0. The minimum absolute atomic E-state index is 0.267. The fourth-order valence-electron chi connectivity index (χ4n) is 2.76. The van der Waals surface area contributed by atoms with Crippen LogP contribution in [0.5, 0.6) is 0 Å². The van der Waals surface area contributed by atoms with Gasteiger partial charge in [-0.05, 0) is 35.0 Å². The van der Waals surface area contributed by atoms with Crippen LogP contribution in [-0.2, 0) is 0 Å². The van der Waals surface area contributed by atoms with Crippen molar-refractivity contribution in [2.75, 3.05) is 5.32 Å². The zero-order valence-corrected chi connectivity index (χ0v) is 13.5. The fourth-order valence-corrected chi connectivity index (χ4v) is 2.76. The van der Waals surface area contributed by atoms with Gasteiger partial charge >= 0.3 is 0 Å². The molecule has 0 fully saturated rings. The lowest BCUT2D eigenvalue weighted by atomic mass is 10.1. The maximum absolute atomic E-state index is 13.3. The van der Waals surface area contributed by atoms with Crippen LogP contribution in [0, 0.1) is 11.6 Å². The molecule has 3 aromatic carbocycles. The third-order valence-electron chi connectivity index (χ3n) is 4.00. The van der Waals surface area contributed by atoms with Crippen molar-refractivity contribution in [3.05, 3.63) is 83.9 Å². The van der Waals surface area contributed by atoms with Crippen LogP contribution in [0.3, 0.4) is 0 Å². The number of fused-ring (bicyclic) bond motifs is 1. The maximum Gasteiger partial charge on any atom is 0.256 e. The molecular weight excluding hydrogens is 336 g/mol. The van der Waals surface area contributed by atoms with E-state index in [1.165, 1.54) is 18.2 Å². The molecule has 0 aliphatic rings. The molecular formula is C20H13F2N3O. The molecule has 0 aliphatic heterocycles. The predicted molar refractivity (Wildman–Crippen MR) is 95.8 cm³/mol. The monoisotopic (exact) mass is 349 g/mol. The van der Waals surface area contributed by atoms with Crippen molar-refractivity contribution in [1.29, 1.82) is 0 Å². The molecule has 0 bridgehead atoms. The first-order valence-corrected chi connectivity index (χ1v) is 7.90. The number of anilines is 1. The second-order valence-corrected chi connectivity index (χ2v) is 5.84. The Balaban J connectivity index is 1.57. The Labute approximate surface area is 147 Å². The third kappa shape index (κ3) is 3.17. The molecule has 0 aliphatic carbocycles. The summed E-state index contributed by atoms with van der Waals surface area (Å²) in [6.07, 6.45) is 0. The van der Waals surface area contributed by atoms with Gasteiger partial charge in [-0.15, -0.1) is 0 Å². The van der Waals surface area contributed by atoms with Crippen LogP contribution in [0.15, 0.2) is 66.7 Å². The smallest absolute Gasteiger partial charge is 0.256 e. The van der Waals surface area contributed by atoms with Gasteiger partial charge in [0.15, 0.2) is 5.82 Å². The van der Waals surface area contributed by atoms with E-state index in [1.807, 2.05) is 30.3 Å². The number of amides is 1. The lowest BCUT2D eigenvalue weighted by Gasteiger charge is -2.03. The molecule has 1 aromatic heterocycles. The molecule has 26 heavy (non-hydrogen) atoms. The molecule has 4 aromatic rings. The first-order valence-electron chi connectivity index (χ1n) is 7.90. The number of aromatic nitrogens is 2. The van der Waals surface area contributed by atoms with Crippen LogP contribution in [0.25, 0.3) is 22.0 Å². The molecule has 0 saturated heterocycles. The Morgan fingerprint density at radius 1 is 0.885 bits per heavy atom. The number of hydrogen-bond acceptors (Lipinski definition) is 2. The van der Waals surface area contributed by atoms with Crippen molar-refractivity contribution in [3.63, 3.8) is 0 Å². The molecule has 1 amide bonds. The van der Waals surface area contributed by atoms with Crippen molar-refractivity contribution in [1.82, 2.24) is 10.2 Å². The summed E-state index contributed by atoms with van der Waals surface area (Å²) in [5, 5.41) is 11.3. The summed E-state index contributed by atoms with van der Waals surface area (Å²) in [5.41, 5.74) is 1.20. The van der Waals surface area contributed by atoms with Crippen molar-refractivity contribution < 1.29 is 13.6 Å². The number of hydrogen-bond donors (Lipinski definition) is 2. The molecule has 6 heteroatoms. The average Bonchev–Trinajstić information content (AvgIpc) is 3.09. The molecule has 0 unspecified atom stereocenters. The van der Waals surface area contributed by atoms with Gasteiger partial charge in [0.2, 0.25) is 0 Å². The lowest BCUT2D eigenvalue weighted by molar-refractivity contribution is 0.102. The van der Waals surface area contributed by atoms with Crippen molar-refractivity contribution >= 4 is 22.5 Å². The Kier molecular flexibility index (Phi) is 3.93. The Hall–Kier alpha value is -3.54. The second-order valence-electron chi connectivity index (χ2n) is 5.84. The van der Waals surface area contributed by atoms with Gasteiger partial charge in [-0.2, -0.15) is 5.10 Å². The topological polar surface area (TPSA) is 57.8 Å². The molecule has 1 heterocycles. The van der Waals surface area contributed by atoms with Crippen molar-refractivity contribution in [2.24, 2.45) is 0 Å². The molecule has 0 radical (unpaired) electrons. The number of aromatic amines is 1. The maximum atomic E-state index is 13.3. The van der Waals surface area contributed by atoms with Crippen LogP contribution >= 0.6 is 0 Å². The first-order chi connectivity index (χ1) is 12.6. The van der Waals surface area contributed by atoms with Gasteiger partial charge in [0, 0.05) is 23.3 Å². The summed E-state index contributed by atoms with van der Waals surface area (Å²) in [6, 6.07) is 17.8. The zero-order valence-electron chi connectivity index (χ0n) is 13.5. The summed E-state index contributed by atoms with van der Waals surface area (Å²) >= 11 is 0. The van der Waals surface area contributed by atoms with E-state index in [-0.39, 0.29) is 11.7 Å². The highest BCUT2D eigenvalue weighted by molar-refractivity contribution is 6.06. The Bertz CT molecular complexity index is 1100. The quantitative estimate of drug-likeness (QED) is 0.560. The molecule has 0 saturated carbocycles. The number of nitrogens with one attached hydrogen (secondary N) is 2. The van der Waals surface area contributed by atoms with Gasteiger partial charge in [-0.25, -0.2) is 8.78 Å². The van der Waals surface area contributed by atoms with E-state index in [2.05, 4.69) is 15.5 Å². The molecule has 4 rings (SSSR count). The minimum Gasteiger partial charge on any atom is -0.305 e. The van der Waals surface area contributed by atoms with E-state index in [1.54, 1.807) is 12.1 Å². The minimum atomic E-state index is -0.684. The number of nitrogens with zero attached hydrogens (tertiary/aromatic N) is 1. The summed E-state index contributed by atoms with van der Waals surface area (Å²) < 4.78 is 26.7. The Morgan fingerprint density at radius 3 is 2.38 bits per heavy atom. The van der Waals surface area contributed by atoms with E-state index in [0.29, 0.717) is 16.8 Å². The number of carbonyl (C=O) groups is 1. The number of benzene rings is 3. The van der Waals surface area contributed by atoms with E-state index < -0.39 is 11.6 Å². The van der Waals surface area contributed by atoms with Gasteiger partial charge in [0.05, 0.1) is 5.69 Å². The molecule has 128 valence electrons. The standard InChI is InChI=1S/C20H13F2N3O/c21-16-8-15(9-17(22)10-16)18-11-19(25-24-18)23-20(26)14-6-5-12-3-1-2-4-13(12)7-14/h1-11H,(H2,23,24,25,26). The van der Waals surface area contributed by atoms with Gasteiger partial charge in [-0.1, -0.05) is 30.3 Å². The highest BCUT2D eigenvalue weighted by Crippen LogP contribution is 2.22. The molecule has 0 spiro atoms. The molecule has 2 N–H and O–H groups in total. The number of rotatable bonds is 3. The summed E-state index contributed by atoms with van der Waals surface area (Å²) in [7, 11) is 0. The number of carbonyl (C=O) groups excluding carboxylic acids is 1. The zero-order chi connectivity index (χ0) is 18.1. The van der Waals surface area contributed by atoms with Gasteiger partial charge in [0.1, 0.15) is 11.6 Å². The predicted octanol–water partition coefficient (Wildman–Crippen LogP) is 4.76. The SMILES string of the molecule is O=C(Nc1cc(-c2cc(F)cc(F)c2)[nH]n1)c1ccc2ccccc2c1. The highest BCUT2D eigenvalue weighted by atomic mass is 19.1. The average molecular weight is 349 g/mol. The third-order valence-corrected chi connectivity index (χ3v) is 4.00. The fraction of sp³-hybridized carbons (Fsp3) is 0. The Morgan fingerprint density at radius 2 is 1.62 bits per heavy atom. The summed E-state index contributed by atoms with van der Waals surface area (Å²) in [5.74, 6) is -1.42. The van der Waals surface area contributed by atoms with Crippen LogP contribution in [0.1, 0.15) is 10.4 Å². The molecule has 4 nitrogen and oxygen atoms in total. The summed E-state index contributed by atoms with van der Waals surface area (Å²) in [4.78, 5) is 12.4. The van der Waals surface area contributed by atoms with Crippen LogP contribution in [0.4, 0.5) is 14.6 Å². The normalized spacial score (nSPS) is 10.8. The number of halogens is 2. The van der Waals surface area contributed by atoms with E-state index >= 15 is 0 Å². The van der Waals surface area contributed by atoms with Crippen molar-refractivity contribution in [2.45, 2.75) is 0 Å². The van der Waals surface area contributed by atoms with E-state index in [4.69, 9.17) is 0 Å². The second kappa shape index (κ2) is 6.40. The van der Waals surface area contributed by atoms with Crippen LogP contribution < -0.4 is 5.32 Å². The van der Waals surface area contributed by atoms with Gasteiger partial charge in [-0.3, -0.25) is 9.89 Å². The lowest BCUT2D eigenvalue weighted by Crippen LogP contribution is -2.12. The van der Waals surface area contributed by atoms with Crippen LogP contribution in [0.2, 0.25) is 0 Å². The molecule has 0 atom stereocenters. The summed E-state index contributed by atoms with van der Waals surface area (Å²) in [6.45, 7) is 0. The van der Waals surface area contributed by atoms with Gasteiger partial charge < -0.3 is 5.32 Å².